The molecule has 0 spiro atoms. The summed E-state index contributed by atoms with van der Waals surface area (Å²) in [6.07, 6.45) is 1.72. The number of tetrazole rings is 1. The van der Waals surface area contributed by atoms with Crippen molar-refractivity contribution >= 4 is 17.6 Å². The van der Waals surface area contributed by atoms with Crippen molar-refractivity contribution in [2.24, 2.45) is 0 Å². The topological polar surface area (TPSA) is 144 Å². The lowest BCUT2D eigenvalue weighted by Gasteiger charge is -2.22. The van der Waals surface area contributed by atoms with Crippen LogP contribution in [0.2, 0.25) is 0 Å². The molecule has 5 rings (SSSR count). The zero-order valence-electron chi connectivity index (χ0n) is 21.8. The Kier molecular flexibility index (Phi) is 8.08. The minimum atomic E-state index is -0.871. The van der Waals surface area contributed by atoms with Crippen molar-refractivity contribution in [3.05, 3.63) is 101 Å². The fourth-order valence-corrected chi connectivity index (χ4v) is 4.42. The van der Waals surface area contributed by atoms with E-state index in [9.17, 15) is 14.9 Å². The number of aryl methyl sites for hydroxylation is 1. The van der Waals surface area contributed by atoms with Crippen LogP contribution in [0.25, 0.3) is 5.69 Å². The number of nitrogens with one attached hydrogen (secondary N) is 2. The fourth-order valence-electron chi connectivity index (χ4n) is 4.42. The van der Waals surface area contributed by atoms with Crippen LogP contribution in [0.1, 0.15) is 32.6 Å². The van der Waals surface area contributed by atoms with Crippen molar-refractivity contribution in [3.8, 4) is 11.8 Å². The smallest absolute Gasteiger partial charge is 0.338 e. The molecule has 2 N–H and O–H groups in total. The van der Waals surface area contributed by atoms with Crippen molar-refractivity contribution in [3.63, 3.8) is 0 Å². The number of cyclic esters (lactones) is 1. The van der Waals surface area contributed by atoms with E-state index < -0.39 is 12.1 Å². The summed E-state index contributed by atoms with van der Waals surface area (Å²) in [6.45, 7) is 2.45. The Bertz CT molecular complexity index is 1550. The van der Waals surface area contributed by atoms with E-state index in [1.807, 2.05) is 67.6 Å². The van der Waals surface area contributed by atoms with E-state index in [1.165, 1.54) is 11.1 Å². The number of benzene rings is 3. The second-order valence-electron chi connectivity index (χ2n) is 9.44. The molecule has 11 heteroatoms. The van der Waals surface area contributed by atoms with Crippen molar-refractivity contribution in [1.29, 1.82) is 5.26 Å². The van der Waals surface area contributed by atoms with Crippen LogP contribution in [0, 0.1) is 18.3 Å². The van der Waals surface area contributed by atoms with Crippen LogP contribution in [0.4, 0.5) is 5.69 Å². The van der Waals surface area contributed by atoms with Gasteiger partial charge in [-0.25, -0.2) is 4.79 Å². The predicted molar refractivity (Wildman–Crippen MR) is 144 cm³/mol. The third-order valence-electron chi connectivity index (χ3n) is 6.38. The molecule has 1 aliphatic heterocycles. The highest BCUT2D eigenvalue weighted by Gasteiger charge is 2.25. The van der Waals surface area contributed by atoms with Gasteiger partial charge in [-0.15, -0.1) is 15.0 Å². The SMILES string of the molecule is Cc1cccc(C[C@H](Nc2ccc3c(c2)C(=O)OC3)C(=O)N[C@H](C#N)COCc2cccc(-n3ncnn3)c2)c1. The molecule has 0 radical (unpaired) electrons. The molecular formula is C29H27N7O4. The maximum atomic E-state index is 13.4. The zero-order chi connectivity index (χ0) is 27.9. The molecule has 11 nitrogen and oxygen atoms in total. The van der Waals surface area contributed by atoms with E-state index in [2.05, 4.69) is 32.1 Å². The van der Waals surface area contributed by atoms with Gasteiger partial charge in [0.25, 0.3) is 0 Å². The normalized spacial score (nSPS) is 13.6. The number of anilines is 1. The first-order chi connectivity index (χ1) is 19.5. The van der Waals surface area contributed by atoms with E-state index in [1.54, 1.807) is 6.07 Å². The van der Waals surface area contributed by atoms with Gasteiger partial charge in [-0.2, -0.15) is 5.26 Å². The first kappa shape index (κ1) is 26.5. The Morgan fingerprint density at radius 2 is 2.00 bits per heavy atom. The second-order valence-corrected chi connectivity index (χ2v) is 9.44. The minimum absolute atomic E-state index is 0.00407. The summed E-state index contributed by atoms with van der Waals surface area (Å²) in [5, 5.41) is 27.4. The molecule has 0 aliphatic carbocycles. The Labute approximate surface area is 230 Å². The summed E-state index contributed by atoms with van der Waals surface area (Å²) < 4.78 is 10.9. The highest BCUT2D eigenvalue weighted by molar-refractivity contribution is 5.94. The number of hydrogen-bond acceptors (Lipinski definition) is 9. The number of fused-ring (bicyclic) bond motifs is 1. The highest BCUT2D eigenvalue weighted by atomic mass is 16.5. The number of carbonyl (C=O) groups is 2. The molecule has 3 aromatic carbocycles. The van der Waals surface area contributed by atoms with Crippen LogP contribution in [0.15, 0.2) is 73.1 Å². The Morgan fingerprint density at radius 3 is 2.80 bits per heavy atom. The van der Waals surface area contributed by atoms with E-state index in [-0.39, 0.29) is 31.7 Å². The van der Waals surface area contributed by atoms with Gasteiger partial charge < -0.3 is 20.1 Å². The Morgan fingerprint density at radius 1 is 1.15 bits per heavy atom. The molecule has 4 aromatic rings. The van der Waals surface area contributed by atoms with E-state index in [0.717, 1.165) is 27.9 Å². The van der Waals surface area contributed by atoms with Crippen LogP contribution >= 0.6 is 0 Å². The maximum absolute atomic E-state index is 13.4. The van der Waals surface area contributed by atoms with Gasteiger partial charge in [0.15, 0.2) is 6.33 Å². The van der Waals surface area contributed by atoms with Gasteiger partial charge in [0, 0.05) is 17.7 Å². The van der Waals surface area contributed by atoms with Gasteiger partial charge in [0.1, 0.15) is 18.7 Å². The van der Waals surface area contributed by atoms with Crippen molar-refractivity contribution in [2.45, 2.75) is 38.6 Å². The van der Waals surface area contributed by atoms with E-state index in [0.29, 0.717) is 17.7 Å². The summed E-state index contributed by atoms with van der Waals surface area (Å²) >= 11 is 0. The lowest BCUT2D eigenvalue weighted by atomic mass is 10.0. The number of nitrogens with zero attached hydrogens (tertiary/aromatic N) is 5. The van der Waals surface area contributed by atoms with Crippen LogP contribution < -0.4 is 10.6 Å². The number of amides is 1. The summed E-state index contributed by atoms with van der Waals surface area (Å²) in [6, 6.07) is 21.1. The average molecular weight is 538 g/mol. The van der Waals surface area contributed by atoms with Crippen LogP contribution in [-0.2, 0) is 33.9 Å². The molecule has 0 saturated carbocycles. The second kappa shape index (κ2) is 12.2. The van der Waals surface area contributed by atoms with Gasteiger partial charge >= 0.3 is 5.97 Å². The van der Waals surface area contributed by atoms with Crippen LogP contribution in [-0.4, -0.2) is 50.8 Å². The number of rotatable bonds is 11. The first-order valence-corrected chi connectivity index (χ1v) is 12.7. The van der Waals surface area contributed by atoms with Gasteiger partial charge in [0.05, 0.1) is 30.5 Å². The third kappa shape index (κ3) is 6.48. The number of ether oxygens (including phenoxy) is 2. The van der Waals surface area contributed by atoms with E-state index >= 15 is 0 Å². The molecule has 1 aliphatic rings. The number of aromatic nitrogens is 4. The highest BCUT2D eigenvalue weighted by Crippen LogP contribution is 2.24. The van der Waals surface area contributed by atoms with Crippen LogP contribution in [0.3, 0.4) is 0 Å². The number of esters is 1. The molecule has 1 aromatic heterocycles. The van der Waals surface area contributed by atoms with Gasteiger partial charge in [-0.3, -0.25) is 4.79 Å². The van der Waals surface area contributed by atoms with Gasteiger partial charge in [-0.1, -0.05) is 48.0 Å². The van der Waals surface area contributed by atoms with Gasteiger partial charge in [-0.05, 0) is 47.5 Å². The third-order valence-corrected chi connectivity index (χ3v) is 6.38. The fraction of sp³-hybridized carbons (Fsp3) is 0.241. The molecule has 0 saturated heterocycles. The number of hydrogen-bond donors (Lipinski definition) is 2. The first-order valence-electron chi connectivity index (χ1n) is 12.7. The van der Waals surface area contributed by atoms with Crippen molar-refractivity contribution in [2.75, 3.05) is 11.9 Å². The van der Waals surface area contributed by atoms with Crippen LogP contribution in [0.5, 0.6) is 0 Å². The molecule has 0 unspecified atom stereocenters. The Hall–Kier alpha value is -5.08. The molecule has 2 atom stereocenters. The molecule has 202 valence electrons. The maximum Gasteiger partial charge on any atom is 0.338 e. The Balaban J connectivity index is 1.24. The predicted octanol–water partition coefficient (Wildman–Crippen LogP) is 2.89. The summed E-state index contributed by atoms with van der Waals surface area (Å²) in [4.78, 5) is 26.9. The zero-order valence-corrected chi connectivity index (χ0v) is 21.8. The molecule has 0 bridgehead atoms. The summed E-state index contributed by atoms with van der Waals surface area (Å²) in [5.74, 6) is -0.748. The monoisotopic (exact) mass is 537 g/mol. The quantitative estimate of drug-likeness (QED) is 0.276. The summed E-state index contributed by atoms with van der Waals surface area (Å²) in [7, 11) is 0. The molecule has 1 amide bonds. The molecular weight excluding hydrogens is 510 g/mol. The lowest BCUT2D eigenvalue weighted by molar-refractivity contribution is -0.122. The lowest BCUT2D eigenvalue weighted by Crippen LogP contribution is -2.46. The van der Waals surface area contributed by atoms with E-state index in [4.69, 9.17) is 9.47 Å². The summed E-state index contributed by atoms with van der Waals surface area (Å²) in [5.41, 5.74) is 5.51. The molecule has 0 fully saturated rings. The van der Waals surface area contributed by atoms with Crippen molar-refractivity contribution in [1.82, 2.24) is 25.5 Å². The average Bonchev–Trinajstić information content (AvgIpc) is 3.63. The number of nitriles is 1. The minimum Gasteiger partial charge on any atom is -0.457 e. The molecule has 2 heterocycles. The largest absolute Gasteiger partial charge is 0.457 e. The molecule has 40 heavy (non-hydrogen) atoms. The van der Waals surface area contributed by atoms with Gasteiger partial charge in [0.2, 0.25) is 5.91 Å². The standard InChI is InChI=1S/C29H27N7O4/c1-19-4-2-5-20(10-19)12-27(33-23-9-8-22-16-40-29(38)26(22)13-23)28(37)34-24(14-30)17-39-15-21-6-3-7-25(11-21)36-32-18-31-35-36/h2-11,13,18,24,27,33H,12,15-17H2,1H3,(H,34,37)/t24-,27+/m1/s1. The van der Waals surface area contributed by atoms with Crippen molar-refractivity contribution < 1.29 is 19.1 Å². The number of carbonyl (C=O) groups excluding carboxylic acids is 2.